The Morgan fingerprint density at radius 3 is 2.48 bits per heavy atom. The van der Waals surface area contributed by atoms with Gasteiger partial charge in [-0.25, -0.2) is 0 Å². The molecule has 0 atom stereocenters. The van der Waals surface area contributed by atoms with Crippen molar-refractivity contribution in [2.45, 2.75) is 33.1 Å². The molecule has 3 rings (SSSR count). The molecule has 2 N–H and O–H groups in total. The summed E-state index contributed by atoms with van der Waals surface area (Å²) in [5.74, 6) is -1.40. The number of nitrogens with zero attached hydrogens (tertiary/aromatic N) is 1. The number of amides is 3. The zero-order valence-electron chi connectivity index (χ0n) is 15.5. The van der Waals surface area contributed by atoms with Gasteiger partial charge in [0, 0.05) is 30.0 Å². The first-order valence-electron chi connectivity index (χ1n) is 9.04. The van der Waals surface area contributed by atoms with Crippen LogP contribution in [0.25, 0.3) is 0 Å². The Kier molecular flexibility index (Phi) is 5.54. The standard InChI is InChI=1S/C21H23N3O3/c1-14-7-5-10-18(15(14)2)23-21(27)20(26)22-16-8-6-9-17(13-16)24-12-4-3-11-19(24)25/h5-10,13H,3-4,11-12H2,1-2H3,(H,22,26)(H,23,27). The van der Waals surface area contributed by atoms with E-state index in [9.17, 15) is 14.4 Å². The smallest absolute Gasteiger partial charge is 0.314 e. The Morgan fingerprint density at radius 1 is 0.963 bits per heavy atom. The molecule has 0 radical (unpaired) electrons. The lowest BCUT2D eigenvalue weighted by Gasteiger charge is -2.27. The molecule has 0 bridgehead atoms. The fourth-order valence-corrected chi connectivity index (χ4v) is 3.08. The normalized spacial score (nSPS) is 14.0. The lowest BCUT2D eigenvalue weighted by molar-refractivity contribution is -0.133. The van der Waals surface area contributed by atoms with Crippen molar-refractivity contribution < 1.29 is 14.4 Å². The SMILES string of the molecule is Cc1cccc(NC(=O)C(=O)Nc2cccc(N3CCCCC3=O)c2)c1C. The lowest BCUT2D eigenvalue weighted by Crippen LogP contribution is -2.35. The van der Waals surface area contributed by atoms with Crippen molar-refractivity contribution in [2.75, 3.05) is 22.1 Å². The van der Waals surface area contributed by atoms with Gasteiger partial charge in [0.05, 0.1) is 0 Å². The van der Waals surface area contributed by atoms with Gasteiger partial charge in [0.25, 0.3) is 0 Å². The Bertz CT molecular complexity index is 892. The quantitative estimate of drug-likeness (QED) is 0.819. The molecule has 2 aromatic rings. The summed E-state index contributed by atoms with van der Waals surface area (Å²) in [4.78, 5) is 38.3. The highest BCUT2D eigenvalue weighted by Crippen LogP contribution is 2.24. The van der Waals surface area contributed by atoms with E-state index in [1.807, 2.05) is 32.0 Å². The average Bonchev–Trinajstić information content (AvgIpc) is 2.66. The van der Waals surface area contributed by atoms with Crippen LogP contribution < -0.4 is 15.5 Å². The highest BCUT2D eigenvalue weighted by Gasteiger charge is 2.20. The molecule has 3 amide bonds. The molecule has 1 aliphatic rings. The molecular weight excluding hydrogens is 342 g/mol. The number of piperidine rings is 1. The summed E-state index contributed by atoms with van der Waals surface area (Å²) in [7, 11) is 0. The Balaban J connectivity index is 1.68. The number of nitrogens with one attached hydrogen (secondary N) is 2. The molecule has 1 heterocycles. The van der Waals surface area contributed by atoms with Crippen LogP contribution in [-0.2, 0) is 14.4 Å². The van der Waals surface area contributed by atoms with Gasteiger partial charge in [-0.1, -0.05) is 18.2 Å². The summed E-state index contributed by atoms with van der Waals surface area (Å²) in [6, 6.07) is 12.5. The summed E-state index contributed by atoms with van der Waals surface area (Å²) in [6.45, 7) is 4.50. The highest BCUT2D eigenvalue weighted by atomic mass is 16.2. The molecule has 0 spiro atoms. The van der Waals surface area contributed by atoms with Crippen LogP contribution in [0.2, 0.25) is 0 Å². The van der Waals surface area contributed by atoms with Gasteiger partial charge in [0.2, 0.25) is 5.91 Å². The number of aryl methyl sites for hydroxylation is 1. The molecule has 140 valence electrons. The summed E-state index contributed by atoms with van der Waals surface area (Å²) in [5.41, 5.74) is 3.78. The first-order chi connectivity index (χ1) is 13.0. The molecule has 1 fully saturated rings. The molecule has 1 aliphatic heterocycles. The van der Waals surface area contributed by atoms with Crippen LogP contribution in [-0.4, -0.2) is 24.3 Å². The van der Waals surface area contributed by atoms with Crippen LogP contribution >= 0.6 is 0 Å². The third-order valence-corrected chi connectivity index (χ3v) is 4.80. The molecule has 27 heavy (non-hydrogen) atoms. The van der Waals surface area contributed by atoms with Crippen LogP contribution in [0.3, 0.4) is 0 Å². The average molecular weight is 365 g/mol. The minimum Gasteiger partial charge on any atom is -0.318 e. The van der Waals surface area contributed by atoms with Gasteiger partial charge in [0.1, 0.15) is 0 Å². The maximum Gasteiger partial charge on any atom is 0.314 e. The van der Waals surface area contributed by atoms with E-state index in [1.54, 1.807) is 29.2 Å². The maximum absolute atomic E-state index is 12.3. The minimum atomic E-state index is -0.752. The second-order valence-electron chi connectivity index (χ2n) is 6.71. The molecule has 2 aromatic carbocycles. The van der Waals surface area contributed by atoms with E-state index >= 15 is 0 Å². The van der Waals surface area contributed by atoms with E-state index in [0.717, 1.165) is 29.7 Å². The second-order valence-corrected chi connectivity index (χ2v) is 6.71. The van der Waals surface area contributed by atoms with Gasteiger partial charge in [-0.2, -0.15) is 0 Å². The molecule has 1 saturated heterocycles. The third-order valence-electron chi connectivity index (χ3n) is 4.80. The van der Waals surface area contributed by atoms with Crippen LogP contribution in [0.4, 0.5) is 17.1 Å². The van der Waals surface area contributed by atoms with Crippen molar-refractivity contribution in [1.29, 1.82) is 0 Å². The van der Waals surface area contributed by atoms with Crippen LogP contribution in [0, 0.1) is 13.8 Å². The summed E-state index contributed by atoms with van der Waals surface area (Å²) < 4.78 is 0. The van der Waals surface area contributed by atoms with Gasteiger partial charge < -0.3 is 15.5 Å². The van der Waals surface area contributed by atoms with Crippen molar-refractivity contribution >= 4 is 34.8 Å². The molecule has 0 aliphatic carbocycles. The largest absolute Gasteiger partial charge is 0.318 e. The Morgan fingerprint density at radius 2 is 1.70 bits per heavy atom. The zero-order chi connectivity index (χ0) is 19.4. The Labute approximate surface area is 158 Å². The maximum atomic E-state index is 12.3. The molecule has 0 unspecified atom stereocenters. The summed E-state index contributed by atoms with van der Waals surface area (Å²) in [6.07, 6.45) is 2.40. The van der Waals surface area contributed by atoms with E-state index in [-0.39, 0.29) is 5.91 Å². The number of hydrogen-bond donors (Lipinski definition) is 2. The molecule has 6 nitrogen and oxygen atoms in total. The van der Waals surface area contributed by atoms with E-state index in [4.69, 9.17) is 0 Å². The van der Waals surface area contributed by atoms with E-state index in [2.05, 4.69) is 10.6 Å². The molecule has 0 saturated carbocycles. The number of benzene rings is 2. The van der Waals surface area contributed by atoms with Crippen molar-refractivity contribution in [1.82, 2.24) is 0 Å². The minimum absolute atomic E-state index is 0.0809. The monoisotopic (exact) mass is 365 g/mol. The van der Waals surface area contributed by atoms with Gasteiger partial charge >= 0.3 is 11.8 Å². The van der Waals surface area contributed by atoms with Crippen molar-refractivity contribution in [2.24, 2.45) is 0 Å². The Hall–Kier alpha value is -3.15. The summed E-state index contributed by atoms with van der Waals surface area (Å²) in [5, 5.41) is 5.24. The first-order valence-corrected chi connectivity index (χ1v) is 9.04. The van der Waals surface area contributed by atoms with E-state index in [1.165, 1.54) is 0 Å². The third kappa shape index (κ3) is 4.34. The zero-order valence-corrected chi connectivity index (χ0v) is 15.5. The van der Waals surface area contributed by atoms with Crippen LogP contribution in [0.1, 0.15) is 30.4 Å². The van der Waals surface area contributed by atoms with Crippen LogP contribution in [0.15, 0.2) is 42.5 Å². The molecule has 0 aromatic heterocycles. The number of rotatable bonds is 3. The summed E-state index contributed by atoms with van der Waals surface area (Å²) >= 11 is 0. The van der Waals surface area contributed by atoms with Crippen molar-refractivity contribution in [3.8, 4) is 0 Å². The number of carbonyl (C=O) groups excluding carboxylic acids is 3. The van der Waals surface area contributed by atoms with Gasteiger partial charge in [-0.3, -0.25) is 14.4 Å². The topological polar surface area (TPSA) is 78.5 Å². The van der Waals surface area contributed by atoms with E-state index < -0.39 is 11.8 Å². The van der Waals surface area contributed by atoms with Crippen molar-refractivity contribution in [3.05, 3.63) is 53.6 Å². The number of anilines is 3. The molecular formula is C21H23N3O3. The van der Waals surface area contributed by atoms with Gasteiger partial charge in [0.15, 0.2) is 0 Å². The fourth-order valence-electron chi connectivity index (χ4n) is 3.08. The second kappa shape index (κ2) is 8.03. The fraction of sp³-hybridized carbons (Fsp3) is 0.286. The van der Waals surface area contributed by atoms with Gasteiger partial charge in [-0.05, 0) is 62.1 Å². The van der Waals surface area contributed by atoms with E-state index in [0.29, 0.717) is 24.3 Å². The number of hydrogen-bond acceptors (Lipinski definition) is 3. The first kappa shape index (κ1) is 18.6. The predicted molar refractivity (Wildman–Crippen MR) is 106 cm³/mol. The predicted octanol–water partition coefficient (Wildman–Crippen LogP) is 3.40. The van der Waals surface area contributed by atoms with Crippen molar-refractivity contribution in [3.63, 3.8) is 0 Å². The number of carbonyl (C=O) groups is 3. The molecule has 6 heteroatoms. The highest BCUT2D eigenvalue weighted by molar-refractivity contribution is 6.43. The van der Waals surface area contributed by atoms with Gasteiger partial charge in [-0.15, -0.1) is 0 Å². The lowest BCUT2D eigenvalue weighted by atomic mass is 10.1. The van der Waals surface area contributed by atoms with Crippen LogP contribution in [0.5, 0.6) is 0 Å².